The quantitative estimate of drug-likeness (QED) is 0.515. The van der Waals surface area contributed by atoms with Crippen molar-refractivity contribution in [2.45, 2.75) is 38.1 Å². The Balaban J connectivity index is 1.80. The molecule has 1 aliphatic carbocycles. The van der Waals surface area contributed by atoms with Crippen LogP contribution >= 0.6 is 0 Å². The monoisotopic (exact) mass is 265 g/mol. The first-order valence-corrected chi connectivity index (χ1v) is 6.57. The molecular formula is C14H19NO4. The van der Waals surface area contributed by atoms with Crippen LogP contribution in [0.25, 0.3) is 0 Å². The Labute approximate surface area is 112 Å². The van der Waals surface area contributed by atoms with Gasteiger partial charge in [0.05, 0.1) is 7.11 Å². The number of hydrogen-bond acceptors (Lipinski definition) is 5. The summed E-state index contributed by atoms with van der Waals surface area (Å²) in [4.78, 5) is 16.5. The van der Waals surface area contributed by atoms with Gasteiger partial charge in [-0.25, -0.2) is 4.79 Å². The van der Waals surface area contributed by atoms with Crippen LogP contribution in [0.4, 0.5) is 4.79 Å². The maximum Gasteiger partial charge on any atom is 0.533 e. The normalized spacial score (nSPS) is 15.8. The van der Waals surface area contributed by atoms with Gasteiger partial charge in [0.1, 0.15) is 0 Å². The second-order valence-corrected chi connectivity index (χ2v) is 4.56. The highest BCUT2D eigenvalue weighted by atomic mass is 16.8. The molecule has 1 saturated carbocycles. The zero-order valence-corrected chi connectivity index (χ0v) is 11.1. The Morgan fingerprint density at radius 1 is 1.16 bits per heavy atom. The molecule has 0 aromatic heterocycles. The van der Waals surface area contributed by atoms with Crippen molar-refractivity contribution in [2.75, 3.05) is 7.11 Å². The first kappa shape index (κ1) is 13.7. The molecule has 1 aromatic rings. The van der Waals surface area contributed by atoms with Crippen molar-refractivity contribution in [3.8, 4) is 11.5 Å². The Morgan fingerprint density at radius 2 is 1.84 bits per heavy atom. The summed E-state index contributed by atoms with van der Waals surface area (Å²) < 4.78 is 10.2. The van der Waals surface area contributed by atoms with E-state index in [0.29, 0.717) is 11.5 Å². The van der Waals surface area contributed by atoms with Crippen molar-refractivity contribution in [1.82, 2.24) is 5.48 Å². The van der Waals surface area contributed by atoms with E-state index in [1.807, 2.05) is 0 Å². The molecule has 0 aliphatic heterocycles. The van der Waals surface area contributed by atoms with Crippen LogP contribution in [0.15, 0.2) is 24.3 Å². The Kier molecular flexibility index (Phi) is 5.03. The molecule has 2 rings (SSSR count). The molecule has 0 saturated heterocycles. The second-order valence-electron chi connectivity index (χ2n) is 4.56. The first-order chi connectivity index (χ1) is 9.29. The van der Waals surface area contributed by atoms with E-state index in [1.165, 1.54) is 26.4 Å². The smallest absolute Gasteiger partial charge is 0.493 e. The third-order valence-corrected chi connectivity index (χ3v) is 3.18. The molecule has 0 heterocycles. The number of benzene rings is 1. The van der Waals surface area contributed by atoms with Crippen molar-refractivity contribution in [2.24, 2.45) is 0 Å². The topological polar surface area (TPSA) is 56.8 Å². The number of rotatable bonds is 4. The summed E-state index contributed by atoms with van der Waals surface area (Å²) in [5.41, 5.74) is 2.76. The van der Waals surface area contributed by atoms with Gasteiger partial charge < -0.3 is 14.3 Å². The molecule has 5 nitrogen and oxygen atoms in total. The van der Waals surface area contributed by atoms with Crippen molar-refractivity contribution < 1.29 is 19.1 Å². The maximum absolute atomic E-state index is 11.6. The van der Waals surface area contributed by atoms with Gasteiger partial charge in [0.25, 0.3) is 0 Å². The SMILES string of the molecule is COc1ccccc1OC(=O)ONC1CCCCC1. The van der Waals surface area contributed by atoms with E-state index in [4.69, 9.17) is 14.3 Å². The number of hydrogen-bond donors (Lipinski definition) is 1. The highest BCUT2D eigenvalue weighted by molar-refractivity contribution is 5.65. The van der Waals surface area contributed by atoms with Crippen molar-refractivity contribution in [1.29, 1.82) is 0 Å². The zero-order valence-electron chi connectivity index (χ0n) is 11.1. The van der Waals surface area contributed by atoms with Gasteiger partial charge in [-0.05, 0) is 25.0 Å². The highest BCUT2D eigenvalue weighted by Crippen LogP contribution is 2.26. The lowest BCUT2D eigenvalue weighted by Gasteiger charge is -2.21. The molecule has 0 spiro atoms. The van der Waals surface area contributed by atoms with Gasteiger partial charge in [0.2, 0.25) is 0 Å². The average Bonchev–Trinajstić information content (AvgIpc) is 2.47. The van der Waals surface area contributed by atoms with E-state index >= 15 is 0 Å². The summed E-state index contributed by atoms with van der Waals surface area (Å²) in [6, 6.07) is 7.17. The molecule has 0 unspecified atom stereocenters. The Bertz CT molecular complexity index is 416. The first-order valence-electron chi connectivity index (χ1n) is 6.57. The fourth-order valence-electron chi connectivity index (χ4n) is 2.17. The largest absolute Gasteiger partial charge is 0.533 e. The predicted octanol–water partition coefficient (Wildman–Crippen LogP) is 3.05. The molecule has 1 N–H and O–H groups in total. The lowest BCUT2D eigenvalue weighted by molar-refractivity contribution is 0.0263. The third-order valence-electron chi connectivity index (χ3n) is 3.18. The fourth-order valence-corrected chi connectivity index (χ4v) is 2.17. The van der Waals surface area contributed by atoms with Gasteiger partial charge in [0, 0.05) is 6.04 Å². The van der Waals surface area contributed by atoms with Gasteiger partial charge in [-0.2, -0.15) is 0 Å². The number of para-hydroxylation sites is 2. The number of hydroxylamine groups is 1. The van der Waals surface area contributed by atoms with Crippen LogP contribution in [0.2, 0.25) is 0 Å². The van der Waals surface area contributed by atoms with E-state index < -0.39 is 6.16 Å². The molecule has 19 heavy (non-hydrogen) atoms. The van der Waals surface area contributed by atoms with Crippen molar-refractivity contribution >= 4 is 6.16 Å². The van der Waals surface area contributed by atoms with Crippen LogP contribution in [0.5, 0.6) is 11.5 Å². The average molecular weight is 265 g/mol. The second kappa shape index (κ2) is 6.99. The Morgan fingerprint density at radius 3 is 2.53 bits per heavy atom. The summed E-state index contributed by atoms with van der Waals surface area (Å²) in [6.07, 6.45) is 4.88. The minimum absolute atomic E-state index is 0.235. The van der Waals surface area contributed by atoms with E-state index in [-0.39, 0.29) is 6.04 Å². The van der Waals surface area contributed by atoms with Crippen LogP contribution < -0.4 is 15.0 Å². The van der Waals surface area contributed by atoms with Gasteiger partial charge >= 0.3 is 6.16 Å². The summed E-state index contributed by atoms with van der Waals surface area (Å²) in [5, 5.41) is 0. The van der Waals surface area contributed by atoms with Crippen LogP contribution in [-0.4, -0.2) is 19.3 Å². The summed E-state index contributed by atoms with van der Waals surface area (Å²) in [7, 11) is 1.52. The van der Waals surface area contributed by atoms with E-state index in [9.17, 15) is 4.79 Å². The predicted molar refractivity (Wildman–Crippen MR) is 70.1 cm³/mol. The van der Waals surface area contributed by atoms with E-state index in [0.717, 1.165) is 12.8 Å². The molecular weight excluding hydrogens is 246 g/mol. The number of carbonyl (C=O) groups is 1. The molecule has 0 amide bonds. The van der Waals surface area contributed by atoms with Crippen LogP contribution in [-0.2, 0) is 4.84 Å². The van der Waals surface area contributed by atoms with E-state index in [1.54, 1.807) is 24.3 Å². The van der Waals surface area contributed by atoms with Gasteiger partial charge in [-0.1, -0.05) is 31.4 Å². The standard InChI is InChI=1S/C14H19NO4/c1-17-12-9-5-6-10-13(12)18-14(16)19-15-11-7-3-2-4-8-11/h5-6,9-11,15H,2-4,7-8H2,1H3. The highest BCUT2D eigenvalue weighted by Gasteiger charge is 2.16. The summed E-state index contributed by atoms with van der Waals surface area (Å²) >= 11 is 0. The summed E-state index contributed by atoms with van der Waals surface area (Å²) in [6.45, 7) is 0. The summed E-state index contributed by atoms with van der Waals surface area (Å²) in [5.74, 6) is 0.845. The Hall–Kier alpha value is -1.75. The number of nitrogens with one attached hydrogen (secondary N) is 1. The number of ether oxygens (including phenoxy) is 2. The van der Waals surface area contributed by atoms with Crippen LogP contribution in [0.3, 0.4) is 0 Å². The van der Waals surface area contributed by atoms with Gasteiger partial charge in [-0.15, -0.1) is 5.48 Å². The molecule has 5 heteroatoms. The fraction of sp³-hybridized carbons (Fsp3) is 0.500. The minimum atomic E-state index is -0.768. The molecule has 0 atom stereocenters. The molecule has 1 aliphatic rings. The number of methoxy groups -OCH3 is 1. The number of carbonyl (C=O) groups excluding carboxylic acids is 1. The molecule has 0 radical (unpaired) electrons. The maximum atomic E-state index is 11.6. The minimum Gasteiger partial charge on any atom is -0.493 e. The molecule has 1 fully saturated rings. The molecule has 1 aromatic carbocycles. The lowest BCUT2D eigenvalue weighted by atomic mass is 9.96. The zero-order chi connectivity index (χ0) is 13.5. The van der Waals surface area contributed by atoms with Gasteiger partial charge in [-0.3, -0.25) is 0 Å². The third kappa shape index (κ3) is 4.13. The molecule has 0 bridgehead atoms. The van der Waals surface area contributed by atoms with Crippen molar-refractivity contribution in [3.05, 3.63) is 24.3 Å². The van der Waals surface area contributed by atoms with Crippen molar-refractivity contribution in [3.63, 3.8) is 0 Å². The van der Waals surface area contributed by atoms with Crippen LogP contribution in [0, 0.1) is 0 Å². The van der Waals surface area contributed by atoms with Crippen LogP contribution in [0.1, 0.15) is 32.1 Å². The lowest BCUT2D eigenvalue weighted by Crippen LogP contribution is -2.34. The van der Waals surface area contributed by atoms with E-state index in [2.05, 4.69) is 5.48 Å². The van der Waals surface area contributed by atoms with Gasteiger partial charge in [0.15, 0.2) is 11.5 Å². The molecule has 104 valence electrons.